The zero-order valence-corrected chi connectivity index (χ0v) is 12.1. The number of nitrogens with two attached hydrogens (primary N) is 2. The molecule has 1 aliphatic heterocycles. The lowest BCUT2D eigenvalue weighted by atomic mass is 10.1. The molecule has 1 aromatic carbocycles. The van der Waals surface area contributed by atoms with Crippen molar-refractivity contribution in [2.75, 3.05) is 23.8 Å². The lowest BCUT2D eigenvalue weighted by Gasteiger charge is -2.24. The summed E-state index contributed by atoms with van der Waals surface area (Å²) in [6.45, 7) is 0.355. The number of hydrogen-bond donors (Lipinski definition) is 2. The van der Waals surface area contributed by atoms with E-state index in [1.165, 1.54) is 0 Å². The van der Waals surface area contributed by atoms with Crippen LogP contribution in [-0.2, 0) is 16.1 Å². The van der Waals surface area contributed by atoms with Crippen molar-refractivity contribution in [1.29, 1.82) is 0 Å². The van der Waals surface area contributed by atoms with Gasteiger partial charge in [0.1, 0.15) is 0 Å². The Bertz CT molecular complexity index is 484. The first-order chi connectivity index (χ1) is 9.56. The Labute approximate surface area is 122 Å². The molecule has 2 amide bonds. The van der Waals surface area contributed by atoms with Crippen molar-refractivity contribution in [3.8, 4) is 0 Å². The lowest BCUT2D eigenvalue weighted by Crippen LogP contribution is -2.41. The third-order valence-corrected chi connectivity index (χ3v) is 4.45. The number of carbonyl (C=O) groups excluding carboxylic acids is 2. The van der Waals surface area contributed by atoms with Crippen LogP contribution in [0.1, 0.15) is 12.0 Å². The molecule has 1 aliphatic rings. The zero-order chi connectivity index (χ0) is 14.5. The molecular formula is C14H19N3O2S. The lowest BCUT2D eigenvalue weighted by molar-refractivity contribution is -0.138. The molecule has 1 fully saturated rings. The van der Waals surface area contributed by atoms with E-state index in [1.54, 1.807) is 28.8 Å². The molecule has 108 valence electrons. The first-order valence-corrected chi connectivity index (χ1v) is 7.71. The normalized spacial score (nSPS) is 17.9. The van der Waals surface area contributed by atoms with Crippen LogP contribution >= 0.6 is 11.8 Å². The van der Waals surface area contributed by atoms with Crippen molar-refractivity contribution < 1.29 is 9.59 Å². The summed E-state index contributed by atoms with van der Waals surface area (Å²) >= 11 is 1.77. The highest BCUT2D eigenvalue weighted by Gasteiger charge is 2.28. The Morgan fingerprint density at radius 3 is 2.55 bits per heavy atom. The molecule has 0 aromatic heterocycles. The predicted octanol–water partition coefficient (Wildman–Crippen LogP) is 0.836. The molecule has 0 aliphatic carbocycles. The summed E-state index contributed by atoms with van der Waals surface area (Å²) < 4.78 is 0. The van der Waals surface area contributed by atoms with Crippen LogP contribution in [-0.4, -0.2) is 34.8 Å². The quantitative estimate of drug-likeness (QED) is 0.787. The summed E-state index contributed by atoms with van der Waals surface area (Å²) in [6, 6.07) is 7.29. The fourth-order valence-corrected chi connectivity index (χ4v) is 3.44. The SMILES string of the molecule is NC(=O)CN(Cc1ccc(N)cc1)C(=O)C1CCSC1. The molecule has 6 heteroatoms. The molecular weight excluding hydrogens is 274 g/mol. The van der Waals surface area contributed by atoms with E-state index in [0.29, 0.717) is 12.2 Å². The first-order valence-electron chi connectivity index (χ1n) is 6.55. The van der Waals surface area contributed by atoms with Gasteiger partial charge in [0.05, 0.1) is 6.54 Å². The zero-order valence-electron chi connectivity index (χ0n) is 11.2. The van der Waals surface area contributed by atoms with E-state index >= 15 is 0 Å². The maximum atomic E-state index is 12.4. The second-order valence-corrected chi connectivity index (χ2v) is 6.11. The molecule has 0 bridgehead atoms. The van der Waals surface area contributed by atoms with Gasteiger partial charge in [-0.25, -0.2) is 0 Å². The Morgan fingerprint density at radius 2 is 2.00 bits per heavy atom. The second kappa shape index (κ2) is 6.65. The molecule has 1 aromatic rings. The maximum absolute atomic E-state index is 12.4. The maximum Gasteiger partial charge on any atom is 0.237 e. The van der Waals surface area contributed by atoms with Crippen molar-refractivity contribution in [3.63, 3.8) is 0 Å². The van der Waals surface area contributed by atoms with Crippen LogP contribution < -0.4 is 11.5 Å². The van der Waals surface area contributed by atoms with E-state index in [4.69, 9.17) is 11.5 Å². The topological polar surface area (TPSA) is 89.4 Å². The summed E-state index contributed by atoms with van der Waals surface area (Å²) in [6.07, 6.45) is 0.875. The third kappa shape index (κ3) is 3.90. The average molecular weight is 293 g/mol. The second-order valence-electron chi connectivity index (χ2n) is 4.96. The van der Waals surface area contributed by atoms with Gasteiger partial charge in [-0.05, 0) is 29.9 Å². The van der Waals surface area contributed by atoms with Crippen LogP contribution in [0.2, 0.25) is 0 Å². The fourth-order valence-electron chi connectivity index (χ4n) is 2.23. The minimum absolute atomic E-state index is 0.00753. The standard InChI is InChI=1S/C14H19N3O2S/c15-12-3-1-10(2-4-12)7-17(8-13(16)18)14(19)11-5-6-20-9-11/h1-4,11H,5-9,15H2,(H2,16,18). The van der Waals surface area contributed by atoms with E-state index in [1.807, 2.05) is 12.1 Å². The number of hydrogen-bond acceptors (Lipinski definition) is 4. The summed E-state index contributed by atoms with van der Waals surface area (Å²) in [7, 11) is 0. The van der Waals surface area contributed by atoms with Crippen LogP contribution in [0.15, 0.2) is 24.3 Å². The molecule has 5 nitrogen and oxygen atoms in total. The third-order valence-electron chi connectivity index (χ3n) is 3.29. The smallest absolute Gasteiger partial charge is 0.237 e. The largest absolute Gasteiger partial charge is 0.399 e. The highest BCUT2D eigenvalue weighted by Crippen LogP contribution is 2.25. The molecule has 4 N–H and O–H groups in total. The molecule has 2 rings (SSSR count). The number of anilines is 1. The number of rotatable bonds is 5. The molecule has 0 spiro atoms. The fraction of sp³-hybridized carbons (Fsp3) is 0.429. The van der Waals surface area contributed by atoms with E-state index in [2.05, 4.69) is 0 Å². The van der Waals surface area contributed by atoms with Gasteiger partial charge in [-0.3, -0.25) is 9.59 Å². The van der Waals surface area contributed by atoms with Gasteiger partial charge in [-0.1, -0.05) is 12.1 Å². The molecule has 1 unspecified atom stereocenters. The molecule has 0 saturated carbocycles. The van der Waals surface area contributed by atoms with Gasteiger partial charge in [0, 0.05) is 23.9 Å². The summed E-state index contributed by atoms with van der Waals surface area (Å²) in [5, 5.41) is 0. The van der Waals surface area contributed by atoms with Crippen molar-refractivity contribution in [3.05, 3.63) is 29.8 Å². The van der Waals surface area contributed by atoms with Crippen LogP contribution in [0.25, 0.3) is 0 Å². The van der Waals surface area contributed by atoms with Gasteiger partial charge in [-0.15, -0.1) is 0 Å². The minimum atomic E-state index is -0.487. The van der Waals surface area contributed by atoms with Crippen molar-refractivity contribution in [2.24, 2.45) is 11.7 Å². The average Bonchev–Trinajstić information content (AvgIpc) is 2.93. The summed E-state index contributed by atoms with van der Waals surface area (Å²) in [5.41, 5.74) is 12.5. The molecule has 20 heavy (non-hydrogen) atoms. The number of thioether (sulfide) groups is 1. The van der Waals surface area contributed by atoms with Crippen LogP contribution in [0.4, 0.5) is 5.69 Å². The summed E-state index contributed by atoms with van der Waals surface area (Å²) in [5.74, 6) is 1.37. The Hall–Kier alpha value is -1.69. The van der Waals surface area contributed by atoms with Crippen molar-refractivity contribution >= 4 is 29.3 Å². The van der Waals surface area contributed by atoms with Crippen LogP contribution in [0.5, 0.6) is 0 Å². The minimum Gasteiger partial charge on any atom is -0.399 e. The number of nitrogens with zero attached hydrogens (tertiary/aromatic N) is 1. The van der Waals surface area contributed by atoms with Crippen LogP contribution in [0, 0.1) is 5.92 Å². The number of benzene rings is 1. The monoisotopic (exact) mass is 293 g/mol. The van der Waals surface area contributed by atoms with Crippen molar-refractivity contribution in [2.45, 2.75) is 13.0 Å². The first kappa shape index (κ1) is 14.7. The number of nitrogen functional groups attached to an aromatic ring is 1. The van der Waals surface area contributed by atoms with Gasteiger partial charge in [0.25, 0.3) is 0 Å². The molecule has 1 heterocycles. The van der Waals surface area contributed by atoms with Gasteiger partial charge in [0.15, 0.2) is 0 Å². The highest BCUT2D eigenvalue weighted by molar-refractivity contribution is 7.99. The number of carbonyl (C=O) groups is 2. The van der Waals surface area contributed by atoms with Crippen LogP contribution in [0.3, 0.4) is 0 Å². The molecule has 0 radical (unpaired) electrons. The van der Waals surface area contributed by atoms with E-state index in [9.17, 15) is 9.59 Å². The van der Waals surface area contributed by atoms with Gasteiger partial charge < -0.3 is 16.4 Å². The van der Waals surface area contributed by atoms with E-state index in [0.717, 1.165) is 23.5 Å². The summed E-state index contributed by atoms with van der Waals surface area (Å²) in [4.78, 5) is 25.2. The molecule has 1 atom stereocenters. The molecule has 1 saturated heterocycles. The van der Waals surface area contributed by atoms with E-state index in [-0.39, 0.29) is 18.4 Å². The van der Waals surface area contributed by atoms with Gasteiger partial charge in [-0.2, -0.15) is 11.8 Å². The Balaban J connectivity index is 2.08. The van der Waals surface area contributed by atoms with Gasteiger partial charge >= 0.3 is 0 Å². The number of amides is 2. The Morgan fingerprint density at radius 1 is 1.30 bits per heavy atom. The Kier molecular flexibility index (Phi) is 4.89. The van der Waals surface area contributed by atoms with Crippen molar-refractivity contribution in [1.82, 2.24) is 4.90 Å². The van der Waals surface area contributed by atoms with Gasteiger partial charge in [0.2, 0.25) is 11.8 Å². The predicted molar refractivity (Wildman–Crippen MR) is 80.9 cm³/mol. The number of primary amides is 1. The van der Waals surface area contributed by atoms with E-state index < -0.39 is 5.91 Å². The highest BCUT2D eigenvalue weighted by atomic mass is 32.2.